The molecule has 1 amide bonds. The molecular formula is C22H22N2O2. The number of nitrogens with zero attached hydrogens (tertiary/aromatic N) is 1. The van der Waals surface area contributed by atoms with Gasteiger partial charge in [-0.3, -0.25) is 10.1 Å². The van der Waals surface area contributed by atoms with E-state index in [9.17, 15) is 4.79 Å². The van der Waals surface area contributed by atoms with E-state index in [-0.39, 0.29) is 18.0 Å². The molecule has 2 aromatic carbocycles. The number of fused-ring (bicyclic) bond motifs is 1. The Morgan fingerprint density at radius 3 is 2.58 bits per heavy atom. The zero-order valence-corrected chi connectivity index (χ0v) is 14.8. The van der Waals surface area contributed by atoms with Crippen LogP contribution in [0.15, 0.2) is 77.4 Å². The van der Waals surface area contributed by atoms with Gasteiger partial charge in [0, 0.05) is 12.2 Å². The molecule has 1 N–H and O–H groups in total. The molecule has 1 aromatic heterocycles. The zero-order chi connectivity index (χ0) is 17.9. The molecular weight excluding hydrogens is 324 g/mol. The predicted octanol–water partition coefficient (Wildman–Crippen LogP) is 3.94. The van der Waals surface area contributed by atoms with E-state index in [0.29, 0.717) is 0 Å². The highest BCUT2D eigenvalue weighted by Crippen LogP contribution is 2.29. The van der Waals surface area contributed by atoms with E-state index in [1.807, 2.05) is 72.5 Å². The Morgan fingerprint density at radius 2 is 1.81 bits per heavy atom. The molecule has 0 fully saturated rings. The number of nitrogens with one attached hydrogen (secondary N) is 1. The van der Waals surface area contributed by atoms with Crippen molar-refractivity contribution in [3.63, 3.8) is 0 Å². The minimum absolute atomic E-state index is 0.0856. The molecule has 1 aliphatic heterocycles. The zero-order valence-electron chi connectivity index (χ0n) is 14.8. The number of benzene rings is 2. The summed E-state index contributed by atoms with van der Waals surface area (Å²) in [5.74, 6) is 0.889. The first-order valence-corrected chi connectivity index (χ1v) is 8.98. The van der Waals surface area contributed by atoms with Crippen molar-refractivity contribution in [2.75, 3.05) is 11.4 Å². The number of furan rings is 1. The fourth-order valence-electron chi connectivity index (χ4n) is 3.57. The van der Waals surface area contributed by atoms with Gasteiger partial charge in [0.25, 0.3) is 0 Å². The Morgan fingerprint density at radius 1 is 1.04 bits per heavy atom. The Kier molecular flexibility index (Phi) is 4.59. The van der Waals surface area contributed by atoms with Gasteiger partial charge in [0.1, 0.15) is 5.76 Å². The van der Waals surface area contributed by atoms with Crippen LogP contribution >= 0.6 is 0 Å². The van der Waals surface area contributed by atoms with Crippen molar-refractivity contribution in [1.82, 2.24) is 5.32 Å². The molecule has 132 valence electrons. The van der Waals surface area contributed by atoms with Crippen LogP contribution in [0.4, 0.5) is 5.69 Å². The topological polar surface area (TPSA) is 45.5 Å². The predicted molar refractivity (Wildman–Crippen MR) is 102 cm³/mol. The second-order valence-corrected chi connectivity index (χ2v) is 6.62. The van der Waals surface area contributed by atoms with Crippen molar-refractivity contribution in [1.29, 1.82) is 0 Å². The second kappa shape index (κ2) is 7.18. The molecule has 1 aliphatic rings. The summed E-state index contributed by atoms with van der Waals surface area (Å²) in [6.07, 6.45) is 2.57. The van der Waals surface area contributed by atoms with E-state index < -0.39 is 0 Å². The minimum atomic E-state index is -0.337. The van der Waals surface area contributed by atoms with E-state index in [1.54, 1.807) is 6.26 Å². The average molecular weight is 346 g/mol. The molecule has 4 nitrogen and oxygen atoms in total. The lowest BCUT2D eigenvalue weighted by atomic mass is 10.0. The van der Waals surface area contributed by atoms with E-state index in [2.05, 4.69) is 11.4 Å². The van der Waals surface area contributed by atoms with Gasteiger partial charge in [-0.15, -0.1) is 0 Å². The Labute approximate surface area is 153 Å². The van der Waals surface area contributed by atoms with Crippen molar-refractivity contribution in [3.8, 4) is 0 Å². The highest BCUT2D eigenvalue weighted by atomic mass is 16.3. The van der Waals surface area contributed by atoms with Crippen LogP contribution in [0.25, 0.3) is 0 Å². The second-order valence-electron chi connectivity index (χ2n) is 6.62. The van der Waals surface area contributed by atoms with Crippen molar-refractivity contribution < 1.29 is 9.21 Å². The third kappa shape index (κ3) is 3.16. The highest BCUT2D eigenvalue weighted by molar-refractivity contribution is 5.98. The summed E-state index contributed by atoms with van der Waals surface area (Å²) >= 11 is 0. The molecule has 0 unspecified atom stereocenters. The molecule has 0 spiro atoms. The summed E-state index contributed by atoms with van der Waals surface area (Å²) < 4.78 is 5.63. The molecule has 4 rings (SSSR count). The Bertz CT molecular complexity index is 874. The molecule has 0 aliphatic carbocycles. The van der Waals surface area contributed by atoms with Crippen molar-refractivity contribution >= 4 is 11.6 Å². The van der Waals surface area contributed by atoms with Crippen molar-refractivity contribution in [2.45, 2.75) is 25.4 Å². The van der Waals surface area contributed by atoms with Gasteiger partial charge in [-0.25, -0.2) is 0 Å². The van der Waals surface area contributed by atoms with Crippen molar-refractivity contribution in [2.24, 2.45) is 0 Å². The maximum atomic E-state index is 13.1. The maximum Gasteiger partial charge on any atom is 0.243 e. The number of rotatable bonds is 5. The first kappa shape index (κ1) is 16.6. The van der Waals surface area contributed by atoms with Crippen LogP contribution in [0.1, 0.15) is 29.9 Å². The van der Waals surface area contributed by atoms with E-state index >= 15 is 0 Å². The largest absolute Gasteiger partial charge is 0.467 e. The standard InChI is InChI=1S/C22H22N2O2/c1-16(22(25)24-14-13-17-8-5-6-11-19(17)24)23-21(20-12-7-15-26-20)18-9-3-2-4-10-18/h2-12,15-16,21,23H,13-14H2,1H3/t16-,21+/m1/s1. The first-order valence-electron chi connectivity index (χ1n) is 8.98. The molecule has 2 heterocycles. The molecule has 0 radical (unpaired) electrons. The molecule has 0 saturated carbocycles. The van der Waals surface area contributed by atoms with E-state index in [0.717, 1.165) is 30.0 Å². The summed E-state index contributed by atoms with van der Waals surface area (Å²) in [5.41, 5.74) is 3.34. The monoisotopic (exact) mass is 346 g/mol. The minimum Gasteiger partial charge on any atom is -0.467 e. The first-order chi connectivity index (χ1) is 12.7. The number of carbonyl (C=O) groups is 1. The number of para-hydroxylation sites is 1. The number of hydrogen-bond donors (Lipinski definition) is 1. The highest BCUT2D eigenvalue weighted by Gasteiger charge is 2.30. The number of amides is 1. The normalized spacial score (nSPS) is 15.5. The summed E-state index contributed by atoms with van der Waals surface area (Å²) in [7, 11) is 0. The van der Waals surface area contributed by atoms with Crippen LogP contribution in [-0.4, -0.2) is 18.5 Å². The van der Waals surface area contributed by atoms with E-state index in [4.69, 9.17) is 4.42 Å². The van der Waals surface area contributed by atoms with Gasteiger partial charge < -0.3 is 9.32 Å². The smallest absolute Gasteiger partial charge is 0.243 e. The Hall–Kier alpha value is -2.85. The fourth-order valence-corrected chi connectivity index (χ4v) is 3.57. The number of carbonyl (C=O) groups excluding carboxylic acids is 1. The number of hydrogen-bond acceptors (Lipinski definition) is 3. The van der Waals surface area contributed by atoms with Gasteiger partial charge in [-0.1, -0.05) is 48.5 Å². The lowest BCUT2D eigenvalue weighted by Crippen LogP contribution is -2.45. The fraction of sp³-hybridized carbons (Fsp3) is 0.227. The molecule has 0 bridgehead atoms. The average Bonchev–Trinajstić information content (AvgIpc) is 3.36. The summed E-state index contributed by atoms with van der Waals surface area (Å²) in [5, 5.41) is 3.46. The van der Waals surface area contributed by atoms with Crippen molar-refractivity contribution in [3.05, 3.63) is 89.9 Å². The van der Waals surface area contributed by atoms with Gasteiger partial charge in [-0.2, -0.15) is 0 Å². The molecule has 4 heteroatoms. The molecule has 2 atom stereocenters. The summed E-state index contributed by atoms with van der Waals surface area (Å²) in [6.45, 7) is 2.66. The summed E-state index contributed by atoms with van der Waals surface area (Å²) in [6, 6.07) is 21.5. The van der Waals surface area contributed by atoms with Crippen LogP contribution in [0, 0.1) is 0 Å². The molecule has 0 saturated heterocycles. The molecule has 26 heavy (non-hydrogen) atoms. The lowest BCUT2D eigenvalue weighted by molar-refractivity contribution is -0.120. The van der Waals surface area contributed by atoms with Gasteiger partial charge in [-0.05, 0) is 42.7 Å². The van der Waals surface area contributed by atoms with Crippen LogP contribution in [-0.2, 0) is 11.2 Å². The van der Waals surface area contributed by atoms with Crippen LogP contribution in [0.3, 0.4) is 0 Å². The lowest BCUT2D eigenvalue weighted by Gasteiger charge is -2.26. The quantitative estimate of drug-likeness (QED) is 0.761. The van der Waals surface area contributed by atoms with Gasteiger partial charge in [0.15, 0.2) is 0 Å². The van der Waals surface area contributed by atoms with Gasteiger partial charge >= 0.3 is 0 Å². The SMILES string of the molecule is C[C@@H](N[C@@H](c1ccccc1)c1ccco1)C(=O)N1CCc2ccccc21. The maximum absolute atomic E-state index is 13.1. The van der Waals surface area contributed by atoms with Crippen LogP contribution < -0.4 is 10.2 Å². The van der Waals surface area contributed by atoms with Gasteiger partial charge in [0.05, 0.1) is 18.3 Å². The molecule has 3 aromatic rings. The third-order valence-corrected chi connectivity index (χ3v) is 4.90. The van der Waals surface area contributed by atoms with Crippen LogP contribution in [0.2, 0.25) is 0 Å². The van der Waals surface area contributed by atoms with E-state index in [1.165, 1.54) is 5.56 Å². The van der Waals surface area contributed by atoms with Crippen LogP contribution in [0.5, 0.6) is 0 Å². The third-order valence-electron chi connectivity index (χ3n) is 4.90. The van der Waals surface area contributed by atoms with Gasteiger partial charge in [0.2, 0.25) is 5.91 Å². The number of anilines is 1. The Balaban J connectivity index is 1.56. The summed E-state index contributed by atoms with van der Waals surface area (Å²) in [4.78, 5) is 15.0.